The summed E-state index contributed by atoms with van der Waals surface area (Å²) in [5.74, 6) is 0. The number of hydrogen-bond donors (Lipinski definition) is 0. The van der Waals surface area contributed by atoms with E-state index in [1.807, 2.05) is 6.07 Å². The fraction of sp³-hybridized carbons (Fsp3) is 0.600. The molecule has 6 heteroatoms. The SMILES string of the molecule is CCN(CC)C1CCN(S(=O)(=O)c2ccccc2Br)CC1. The maximum atomic E-state index is 12.7. The van der Waals surface area contributed by atoms with E-state index >= 15 is 0 Å². The van der Waals surface area contributed by atoms with Crippen LogP contribution in [0.3, 0.4) is 0 Å². The highest BCUT2D eigenvalue weighted by Crippen LogP contribution is 2.27. The van der Waals surface area contributed by atoms with Gasteiger partial charge in [-0.2, -0.15) is 4.31 Å². The normalized spacial score (nSPS) is 18.3. The Morgan fingerprint density at radius 1 is 1.19 bits per heavy atom. The summed E-state index contributed by atoms with van der Waals surface area (Å²) in [6.07, 6.45) is 1.82. The zero-order valence-electron chi connectivity index (χ0n) is 12.6. The molecule has 0 radical (unpaired) electrons. The van der Waals surface area contributed by atoms with E-state index in [2.05, 4.69) is 34.7 Å². The highest BCUT2D eigenvalue weighted by atomic mass is 79.9. The van der Waals surface area contributed by atoms with Gasteiger partial charge >= 0.3 is 0 Å². The van der Waals surface area contributed by atoms with Crippen molar-refractivity contribution in [1.29, 1.82) is 0 Å². The van der Waals surface area contributed by atoms with Gasteiger partial charge in [-0.25, -0.2) is 8.42 Å². The van der Waals surface area contributed by atoms with Crippen molar-refractivity contribution in [2.45, 2.75) is 37.6 Å². The molecule has 1 aliphatic rings. The molecule has 0 unspecified atom stereocenters. The molecule has 4 nitrogen and oxygen atoms in total. The van der Waals surface area contributed by atoms with Crippen molar-refractivity contribution in [3.05, 3.63) is 28.7 Å². The van der Waals surface area contributed by atoms with Crippen LogP contribution in [0.5, 0.6) is 0 Å². The van der Waals surface area contributed by atoms with Crippen molar-refractivity contribution in [2.75, 3.05) is 26.2 Å². The fourth-order valence-corrected chi connectivity index (χ4v) is 5.41. The van der Waals surface area contributed by atoms with E-state index in [-0.39, 0.29) is 0 Å². The monoisotopic (exact) mass is 374 g/mol. The maximum Gasteiger partial charge on any atom is 0.244 e. The second-order valence-electron chi connectivity index (χ2n) is 5.29. The van der Waals surface area contributed by atoms with Gasteiger partial charge in [-0.15, -0.1) is 0 Å². The molecule has 0 amide bonds. The van der Waals surface area contributed by atoms with Gasteiger partial charge in [0.25, 0.3) is 0 Å². The summed E-state index contributed by atoms with van der Waals surface area (Å²) in [7, 11) is -3.39. The van der Waals surface area contributed by atoms with Crippen LogP contribution in [0.25, 0.3) is 0 Å². The zero-order valence-corrected chi connectivity index (χ0v) is 15.0. The van der Waals surface area contributed by atoms with Gasteiger partial charge in [0.05, 0.1) is 4.90 Å². The molecule has 1 fully saturated rings. The molecule has 1 saturated heterocycles. The minimum Gasteiger partial charge on any atom is -0.301 e. The van der Waals surface area contributed by atoms with Gasteiger partial charge < -0.3 is 4.90 Å². The molecule has 2 rings (SSSR count). The highest BCUT2D eigenvalue weighted by Gasteiger charge is 2.31. The molecule has 0 aromatic heterocycles. The molecule has 118 valence electrons. The quantitative estimate of drug-likeness (QED) is 0.795. The Balaban J connectivity index is 2.10. The van der Waals surface area contributed by atoms with Crippen LogP contribution < -0.4 is 0 Å². The third-order valence-electron chi connectivity index (χ3n) is 4.21. The van der Waals surface area contributed by atoms with E-state index in [0.29, 0.717) is 28.5 Å². The predicted octanol–water partition coefficient (Wildman–Crippen LogP) is 2.94. The first kappa shape index (κ1) is 16.9. The second-order valence-corrected chi connectivity index (χ2v) is 8.05. The summed E-state index contributed by atoms with van der Waals surface area (Å²) in [4.78, 5) is 2.79. The average Bonchev–Trinajstić information content (AvgIpc) is 2.49. The average molecular weight is 375 g/mol. The Labute approximate surface area is 136 Å². The van der Waals surface area contributed by atoms with Crippen molar-refractivity contribution in [3.8, 4) is 0 Å². The van der Waals surface area contributed by atoms with Gasteiger partial charge in [0.15, 0.2) is 0 Å². The smallest absolute Gasteiger partial charge is 0.244 e. The molecule has 0 N–H and O–H groups in total. The second kappa shape index (κ2) is 7.22. The summed E-state index contributed by atoms with van der Waals surface area (Å²) in [6, 6.07) is 7.53. The molecule has 0 atom stereocenters. The number of benzene rings is 1. The lowest BCUT2D eigenvalue weighted by atomic mass is 10.1. The van der Waals surface area contributed by atoms with Gasteiger partial charge in [-0.05, 0) is 54.0 Å². The first-order valence-corrected chi connectivity index (χ1v) is 9.72. The molecule has 1 aromatic rings. The van der Waals surface area contributed by atoms with Gasteiger partial charge in [0.2, 0.25) is 10.0 Å². The topological polar surface area (TPSA) is 40.6 Å². The van der Waals surface area contributed by atoms with Gasteiger partial charge in [-0.3, -0.25) is 0 Å². The third-order valence-corrected chi connectivity index (χ3v) is 7.12. The molecule has 0 bridgehead atoms. The van der Waals surface area contributed by atoms with Gasteiger partial charge in [0.1, 0.15) is 0 Å². The van der Waals surface area contributed by atoms with Crippen LogP contribution in [0.2, 0.25) is 0 Å². The Hall–Kier alpha value is -0.430. The summed E-state index contributed by atoms with van der Waals surface area (Å²) in [5, 5.41) is 0. The summed E-state index contributed by atoms with van der Waals surface area (Å²) in [6.45, 7) is 7.58. The van der Waals surface area contributed by atoms with Gasteiger partial charge in [-0.1, -0.05) is 26.0 Å². The Kier molecular flexibility index (Phi) is 5.82. The maximum absolute atomic E-state index is 12.7. The summed E-state index contributed by atoms with van der Waals surface area (Å²) >= 11 is 3.34. The largest absolute Gasteiger partial charge is 0.301 e. The number of rotatable bonds is 5. The van der Waals surface area contributed by atoms with Crippen LogP contribution in [0.1, 0.15) is 26.7 Å². The Bertz CT molecular complexity index is 565. The van der Waals surface area contributed by atoms with E-state index in [1.54, 1.807) is 22.5 Å². The number of nitrogens with zero attached hydrogens (tertiary/aromatic N) is 2. The number of hydrogen-bond acceptors (Lipinski definition) is 3. The first-order valence-electron chi connectivity index (χ1n) is 7.49. The van der Waals surface area contributed by atoms with Crippen molar-refractivity contribution in [2.24, 2.45) is 0 Å². The highest BCUT2D eigenvalue weighted by molar-refractivity contribution is 9.10. The van der Waals surface area contributed by atoms with Crippen molar-refractivity contribution in [1.82, 2.24) is 9.21 Å². The minimum absolute atomic E-state index is 0.367. The van der Waals surface area contributed by atoms with E-state index in [4.69, 9.17) is 0 Å². The van der Waals surface area contributed by atoms with Crippen LogP contribution in [0.15, 0.2) is 33.6 Å². The van der Waals surface area contributed by atoms with Crippen LogP contribution in [0, 0.1) is 0 Å². The molecule has 0 aliphatic carbocycles. The molecule has 0 spiro atoms. The molecular weight excluding hydrogens is 352 g/mol. The lowest BCUT2D eigenvalue weighted by Gasteiger charge is -2.37. The molecule has 1 aromatic carbocycles. The van der Waals surface area contributed by atoms with Crippen LogP contribution >= 0.6 is 15.9 Å². The number of piperidine rings is 1. The Morgan fingerprint density at radius 2 is 1.76 bits per heavy atom. The van der Waals surface area contributed by atoms with E-state index < -0.39 is 10.0 Å². The van der Waals surface area contributed by atoms with E-state index in [9.17, 15) is 8.42 Å². The lowest BCUT2D eigenvalue weighted by Crippen LogP contribution is -2.46. The lowest BCUT2D eigenvalue weighted by molar-refractivity contribution is 0.152. The molecule has 1 heterocycles. The third kappa shape index (κ3) is 3.67. The summed E-state index contributed by atoms with van der Waals surface area (Å²) in [5.41, 5.74) is 0. The molecular formula is C15H23BrN2O2S. The first-order chi connectivity index (χ1) is 10.0. The Morgan fingerprint density at radius 3 is 2.29 bits per heavy atom. The van der Waals surface area contributed by atoms with Crippen LogP contribution in [0.4, 0.5) is 0 Å². The van der Waals surface area contributed by atoms with Crippen molar-refractivity contribution in [3.63, 3.8) is 0 Å². The molecule has 1 aliphatic heterocycles. The van der Waals surface area contributed by atoms with Crippen molar-refractivity contribution >= 4 is 26.0 Å². The zero-order chi connectivity index (χ0) is 15.5. The minimum atomic E-state index is -3.39. The molecule has 21 heavy (non-hydrogen) atoms. The number of sulfonamides is 1. The number of halogens is 1. The predicted molar refractivity (Wildman–Crippen MR) is 88.8 cm³/mol. The fourth-order valence-electron chi connectivity index (χ4n) is 2.98. The standard InChI is InChI=1S/C15H23BrN2O2S/c1-3-17(4-2)13-9-11-18(12-10-13)21(19,20)15-8-6-5-7-14(15)16/h5-8,13H,3-4,9-12H2,1-2H3. The van der Waals surface area contributed by atoms with Crippen LogP contribution in [-0.4, -0.2) is 49.8 Å². The van der Waals surface area contributed by atoms with E-state index in [1.165, 1.54) is 0 Å². The van der Waals surface area contributed by atoms with Crippen LogP contribution in [-0.2, 0) is 10.0 Å². The summed E-state index contributed by atoms with van der Waals surface area (Å²) < 4.78 is 27.7. The molecule has 0 saturated carbocycles. The van der Waals surface area contributed by atoms with Crippen molar-refractivity contribution < 1.29 is 8.42 Å². The van der Waals surface area contributed by atoms with E-state index in [0.717, 1.165) is 25.9 Å². The van der Waals surface area contributed by atoms with Gasteiger partial charge in [0, 0.05) is 23.6 Å².